The smallest absolute Gasteiger partial charge is 0.306 e. The summed E-state index contributed by atoms with van der Waals surface area (Å²) in [5.41, 5.74) is -0.521. The number of hydrogen-bond donors (Lipinski definition) is 0. The molecule has 0 spiro atoms. The van der Waals surface area contributed by atoms with E-state index in [0.717, 1.165) is 0 Å². The van der Waals surface area contributed by atoms with Crippen molar-refractivity contribution in [2.24, 2.45) is 0 Å². The van der Waals surface area contributed by atoms with E-state index in [2.05, 4.69) is 6.58 Å². The van der Waals surface area contributed by atoms with Gasteiger partial charge in [-0.15, -0.1) is 0 Å². The first-order valence-corrected chi connectivity index (χ1v) is 3.37. The highest BCUT2D eigenvalue weighted by molar-refractivity contribution is 5.69. The van der Waals surface area contributed by atoms with Crippen molar-refractivity contribution in [3.8, 4) is 0 Å². The van der Waals surface area contributed by atoms with E-state index < -0.39 is 5.60 Å². The largest absolute Gasteiger partial charge is 0.455 e. The summed E-state index contributed by atoms with van der Waals surface area (Å²) in [6, 6.07) is 0. The lowest BCUT2D eigenvalue weighted by molar-refractivity contribution is -0.152. The molecular weight excluding hydrogens is 128 g/mol. The number of esters is 1. The van der Waals surface area contributed by atoms with E-state index in [-0.39, 0.29) is 5.97 Å². The van der Waals surface area contributed by atoms with Crippen molar-refractivity contribution < 1.29 is 9.53 Å². The third kappa shape index (κ3) is 3.28. The molecule has 58 valence electrons. The maximum Gasteiger partial charge on any atom is 0.306 e. The minimum absolute atomic E-state index is 0.190. The summed E-state index contributed by atoms with van der Waals surface area (Å²) in [7, 11) is 0. The highest BCUT2D eigenvalue weighted by atomic mass is 16.6. The van der Waals surface area contributed by atoms with Crippen molar-refractivity contribution >= 4 is 5.97 Å². The minimum atomic E-state index is -0.521. The van der Waals surface area contributed by atoms with Gasteiger partial charge in [-0.3, -0.25) is 4.79 Å². The van der Waals surface area contributed by atoms with Gasteiger partial charge in [0, 0.05) is 6.42 Å². The lowest BCUT2D eigenvalue weighted by Gasteiger charge is -2.19. The lowest BCUT2D eigenvalue weighted by Crippen LogP contribution is -2.24. The molecule has 0 N–H and O–H groups in total. The van der Waals surface area contributed by atoms with E-state index in [1.807, 2.05) is 0 Å². The molecular formula is C8H14O2. The minimum Gasteiger partial charge on any atom is -0.455 e. The van der Waals surface area contributed by atoms with E-state index >= 15 is 0 Å². The zero-order chi connectivity index (χ0) is 8.20. The summed E-state index contributed by atoms with van der Waals surface area (Å²) < 4.78 is 4.98. The molecule has 0 fully saturated rings. The number of rotatable bonds is 3. The van der Waals surface area contributed by atoms with Gasteiger partial charge in [-0.2, -0.15) is 0 Å². The average molecular weight is 142 g/mol. The predicted molar refractivity (Wildman–Crippen MR) is 40.7 cm³/mol. The second kappa shape index (κ2) is 3.40. The first kappa shape index (κ1) is 9.21. The van der Waals surface area contributed by atoms with Gasteiger partial charge in [0.2, 0.25) is 0 Å². The van der Waals surface area contributed by atoms with Crippen LogP contribution in [0.15, 0.2) is 12.7 Å². The van der Waals surface area contributed by atoms with E-state index in [1.165, 1.54) is 0 Å². The van der Waals surface area contributed by atoms with Gasteiger partial charge in [-0.25, -0.2) is 0 Å². The Morgan fingerprint density at radius 2 is 2.20 bits per heavy atom. The van der Waals surface area contributed by atoms with E-state index in [4.69, 9.17) is 4.74 Å². The van der Waals surface area contributed by atoms with Crippen LogP contribution in [0.25, 0.3) is 0 Å². The summed E-state index contributed by atoms with van der Waals surface area (Å²) in [5, 5.41) is 0. The summed E-state index contributed by atoms with van der Waals surface area (Å²) in [5.74, 6) is -0.190. The second-order valence-corrected chi connectivity index (χ2v) is 2.64. The zero-order valence-electron chi connectivity index (χ0n) is 6.81. The molecule has 0 radical (unpaired) electrons. The van der Waals surface area contributed by atoms with Gasteiger partial charge in [-0.05, 0) is 19.9 Å². The Labute approximate surface area is 61.9 Å². The van der Waals surface area contributed by atoms with Crippen LogP contribution in [0.3, 0.4) is 0 Å². The molecule has 0 saturated carbocycles. The maximum absolute atomic E-state index is 10.7. The quantitative estimate of drug-likeness (QED) is 0.444. The van der Waals surface area contributed by atoms with Crippen molar-refractivity contribution in [1.29, 1.82) is 0 Å². The predicted octanol–water partition coefficient (Wildman–Crippen LogP) is 1.90. The molecule has 2 nitrogen and oxygen atoms in total. The fourth-order valence-corrected chi connectivity index (χ4v) is 0.407. The number of ether oxygens (including phenoxy) is 1. The number of hydrogen-bond acceptors (Lipinski definition) is 2. The summed E-state index contributed by atoms with van der Waals surface area (Å²) in [6.45, 7) is 8.91. The van der Waals surface area contributed by atoms with Crippen LogP contribution in [0.1, 0.15) is 27.2 Å². The van der Waals surface area contributed by atoms with Gasteiger partial charge in [0.15, 0.2) is 0 Å². The normalized spacial score (nSPS) is 10.7. The molecule has 0 aliphatic heterocycles. The van der Waals surface area contributed by atoms with Crippen molar-refractivity contribution in [2.75, 3.05) is 0 Å². The second-order valence-electron chi connectivity index (χ2n) is 2.64. The molecule has 0 aromatic rings. The van der Waals surface area contributed by atoms with Gasteiger partial charge >= 0.3 is 5.97 Å². The van der Waals surface area contributed by atoms with Crippen LogP contribution in [0.4, 0.5) is 0 Å². The van der Waals surface area contributed by atoms with E-state index in [0.29, 0.717) is 6.42 Å². The molecule has 0 aliphatic carbocycles. The topological polar surface area (TPSA) is 26.3 Å². The molecule has 0 unspecified atom stereocenters. The van der Waals surface area contributed by atoms with Crippen LogP contribution in [0, 0.1) is 0 Å². The number of carbonyl (C=O) groups excluding carboxylic acids is 1. The molecule has 2 heteroatoms. The van der Waals surface area contributed by atoms with Crippen LogP contribution < -0.4 is 0 Å². The molecule has 0 amide bonds. The van der Waals surface area contributed by atoms with E-state index in [1.54, 1.807) is 26.8 Å². The van der Waals surface area contributed by atoms with Gasteiger partial charge in [0.05, 0.1) is 0 Å². The third-order valence-corrected chi connectivity index (χ3v) is 1.16. The Hall–Kier alpha value is -0.790. The molecule has 0 atom stereocenters. The summed E-state index contributed by atoms with van der Waals surface area (Å²) in [4.78, 5) is 10.7. The highest BCUT2D eigenvalue weighted by Gasteiger charge is 2.16. The fourth-order valence-electron chi connectivity index (χ4n) is 0.407. The van der Waals surface area contributed by atoms with E-state index in [9.17, 15) is 4.79 Å². The Morgan fingerprint density at radius 3 is 2.50 bits per heavy atom. The maximum atomic E-state index is 10.7. The van der Waals surface area contributed by atoms with Gasteiger partial charge in [-0.1, -0.05) is 13.5 Å². The van der Waals surface area contributed by atoms with Crippen molar-refractivity contribution in [1.82, 2.24) is 0 Å². The highest BCUT2D eigenvalue weighted by Crippen LogP contribution is 2.10. The average Bonchev–Trinajstić information content (AvgIpc) is 1.87. The molecule has 0 aromatic carbocycles. The Morgan fingerprint density at radius 1 is 1.70 bits per heavy atom. The van der Waals surface area contributed by atoms with Gasteiger partial charge < -0.3 is 4.74 Å². The number of carbonyl (C=O) groups is 1. The molecule has 0 aliphatic rings. The Bertz CT molecular complexity index is 136. The SMILES string of the molecule is C=CC(C)(C)OC(=O)CC. The summed E-state index contributed by atoms with van der Waals surface area (Å²) in [6.07, 6.45) is 2.03. The van der Waals surface area contributed by atoms with Gasteiger partial charge in [0.25, 0.3) is 0 Å². The van der Waals surface area contributed by atoms with Crippen LogP contribution in [-0.4, -0.2) is 11.6 Å². The monoisotopic (exact) mass is 142 g/mol. The molecule has 0 rings (SSSR count). The van der Waals surface area contributed by atoms with Crippen molar-refractivity contribution in [3.05, 3.63) is 12.7 Å². The van der Waals surface area contributed by atoms with Crippen molar-refractivity contribution in [3.63, 3.8) is 0 Å². The first-order chi connectivity index (χ1) is 4.52. The lowest BCUT2D eigenvalue weighted by atomic mass is 10.1. The molecule has 10 heavy (non-hydrogen) atoms. The van der Waals surface area contributed by atoms with Crippen LogP contribution in [0.5, 0.6) is 0 Å². The van der Waals surface area contributed by atoms with Crippen LogP contribution in [-0.2, 0) is 9.53 Å². The fraction of sp³-hybridized carbons (Fsp3) is 0.625. The Kier molecular flexibility index (Phi) is 3.13. The molecule has 0 saturated heterocycles. The van der Waals surface area contributed by atoms with Crippen LogP contribution in [0.2, 0.25) is 0 Å². The Balaban J connectivity index is 3.88. The zero-order valence-corrected chi connectivity index (χ0v) is 6.81. The molecule has 0 bridgehead atoms. The molecule has 0 heterocycles. The summed E-state index contributed by atoms with van der Waals surface area (Å²) >= 11 is 0. The van der Waals surface area contributed by atoms with Crippen molar-refractivity contribution in [2.45, 2.75) is 32.8 Å². The standard InChI is InChI=1S/C8H14O2/c1-5-7(9)10-8(3,4)6-2/h6H,2,5H2,1,3-4H3. The van der Waals surface area contributed by atoms with Crippen LogP contribution >= 0.6 is 0 Å². The first-order valence-electron chi connectivity index (χ1n) is 3.37. The third-order valence-electron chi connectivity index (χ3n) is 1.16. The van der Waals surface area contributed by atoms with Gasteiger partial charge in [0.1, 0.15) is 5.60 Å². The molecule has 0 aromatic heterocycles.